The molecule has 0 saturated carbocycles. The largest absolute Gasteiger partial charge is 0.417 e. The topological polar surface area (TPSA) is 12.9 Å². The van der Waals surface area contributed by atoms with Crippen molar-refractivity contribution in [1.29, 1.82) is 0 Å². The normalized spacial score (nSPS) is 11.8. The Morgan fingerprint density at radius 3 is 2.10 bits per heavy atom. The summed E-state index contributed by atoms with van der Waals surface area (Å²) in [5.74, 6) is 0. The van der Waals surface area contributed by atoms with Gasteiger partial charge in [0.05, 0.1) is 26.3 Å². The molecule has 0 unspecified atom stereocenters. The Morgan fingerprint density at radius 1 is 0.900 bits per heavy atom. The van der Waals surface area contributed by atoms with Crippen molar-refractivity contribution in [2.75, 3.05) is 0 Å². The predicted molar refractivity (Wildman–Crippen MR) is 74.7 cm³/mol. The van der Waals surface area contributed by atoms with Crippen LogP contribution in [0.1, 0.15) is 5.56 Å². The highest BCUT2D eigenvalue weighted by Crippen LogP contribution is 2.40. The summed E-state index contributed by atoms with van der Waals surface area (Å²) in [6.45, 7) is 0. The molecule has 1 heterocycles. The van der Waals surface area contributed by atoms with Crippen LogP contribution in [0, 0.1) is 0 Å². The fourth-order valence-corrected chi connectivity index (χ4v) is 2.48. The Balaban J connectivity index is 2.60. The van der Waals surface area contributed by atoms with Crippen LogP contribution in [0.2, 0.25) is 20.1 Å². The van der Waals surface area contributed by atoms with E-state index < -0.39 is 11.7 Å². The quantitative estimate of drug-likeness (QED) is 0.537. The highest BCUT2D eigenvalue weighted by Gasteiger charge is 2.31. The monoisotopic (exact) mass is 359 g/mol. The van der Waals surface area contributed by atoms with E-state index in [9.17, 15) is 13.2 Å². The van der Waals surface area contributed by atoms with Gasteiger partial charge in [0.1, 0.15) is 0 Å². The van der Waals surface area contributed by atoms with Crippen LogP contribution in [0.4, 0.5) is 13.2 Å². The summed E-state index contributed by atoms with van der Waals surface area (Å²) in [6.07, 6.45) is -3.85. The van der Waals surface area contributed by atoms with Gasteiger partial charge in [0.15, 0.2) is 0 Å². The number of pyridine rings is 1. The van der Waals surface area contributed by atoms with Crippen molar-refractivity contribution >= 4 is 46.4 Å². The maximum atomic E-state index is 12.5. The van der Waals surface area contributed by atoms with Gasteiger partial charge in [-0.2, -0.15) is 13.2 Å². The van der Waals surface area contributed by atoms with E-state index in [-0.39, 0.29) is 31.3 Å². The van der Waals surface area contributed by atoms with Gasteiger partial charge in [-0.15, -0.1) is 0 Å². The number of alkyl halides is 3. The molecule has 0 aliphatic heterocycles. The first-order chi connectivity index (χ1) is 9.20. The molecule has 106 valence electrons. The van der Waals surface area contributed by atoms with Gasteiger partial charge in [0, 0.05) is 16.8 Å². The Kier molecular flexibility index (Phi) is 4.40. The average Bonchev–Trinajstić information content (AvgIpc) is 2.33. The summed E-state index contributed by atoms with van der Waals surface area (Å²) in [5, 5.41) is 0.351. The summed E-state index contributed by atoms with van der Waals surface area (Å²) < 4.78 is 37.6. The van der Waals surface area contributed by atoms with E-state index in [1.807, 2.05) is 0 Å². The molecule has 0 N–H and O–H groups in total. The molecule has 0 aliphatic rings. The van der Waals surface area contributed by atoms with E-state index in [2.05, 4.69) is 4.98 Å². The van der Waals surface area contributed by atoms with Crippen molar-refractivity contribution in [3.05, 3.63) is 50.0 Å². The molecule has 1 aromatic carbocycles. The molecule has 0 saturated heterocycles. The molecule has 1 nitrogen and oxygen atoms in total. The number of halogens is 7. The van der Waals surface area contributed by atoms with Gasteiger partial charge in [-0.1, -0.05) is 46.4 Å². The maximum absolute atomic E-state index is 12.5. The van der Waals surface area contributed by atoms with Crippen molar-refractivity contribution in [3.8, 4) is 11.3 Å². The van der Waals surface area contributed by atoms with E-state index >= 15 is 0 Å². The predicted octanol–water partition coefficient (Wildman–Crippen LogP) is 6.38. The van der Waals surface area contributed by atoms with Crippen molar-refractivity contribution in [1.82, 2.24) is 4.98 Å². The highest BCUT2D eigenvalue weighted by atomic mass is 35.5. The van der Waals surface area contributed by atoms with Gasteiger partial charge >= 0.3 is 6.18 Å². The second-order valence-electron chi connectivity index (χ2n) is 3.80. The number of benzene rings is 1. The minimum absolute atomic E-state index is 0.0778. The average molecular weight is 361 g/mol. The number of hydrogen-bond acceptors (Lipinski definition) is 1. The summed E-state index contributed by atoms with van der Waals surface area (Å²) in [5.41, 5.74) is -0.604. The molecule has 0 bridgehead atoms. The Labute approximate surface area is 132 Å². The maximum Gasteiger partial charge on any atom is 0.417 e. The van der Waals surface area contributed by atoms with E-state index in [1.54, 1.807) is 0 Å². The van der Waals surface area contributed by atoms with E-state index in [4.69, 9.17) is 46.4 Å². The minimum Gasteiger partial charge on any atom is -0.254 e. The summed E-state index contributed by atoms with van der Waals surface area (Å²) in [4.78, 5) is 3.70. The first-order valence-corrected chi connectivity index (χ1v) is 6.59. The van der Waals surface area contributed by atoms with E-state index in [0.717, 1.165) is 6.07 Å². The molecule has 0 fully saturated rings. The fourth-order valence-electron chi connectivity index (χ4n) is 1.52. The van der Waals surface area contributed by atoms with Crippen molar-refractivity contribution in [3.63, 3.8) is 0 Å². The highest BCUT2D eigenvalue weighted by molar-refractivity contribution is 6.45. The second-order valence-corrected chi connectivity index (χ2v) is 5.43. The summed E-state index contributed by atoms with van der Waals surface area (Å²) in [6, 6.07) is 3.61. The minimum atomic E-state index is -4.52. The van der Waals surface area contributed by atoms with E-state index in [0.29, 0.717) is 6.20 Å². The zero-order chi connectivity index (χ0) is 15.1. The number of nitrogens with zero attached hydrogens (tertiary/aromatic N) is 1. The Hall–Kier alpha value is -0.680. The van der Waals surface area contributed by atoms with Gasteiger partial charge in [-0.25, -0.2) is 0 Å². The third-order valence-corrected chi connectivity index (χ3v) is 3.72. The number of rotatable bonds is 1. The molecule has 1 aromatic heterocycles. The molecule has 0 radical (unpaired) electrons. The summed E-state index contributed by atoms with van der Waals surface area (Å²) >= 11 is 23.5. The van der Waals surface area contributed by atoms with Gasteiger partial charge in [0.25, 0.3) is 0 Å². The lowest BCUT2D eigenvalue weighted by Gasteiger charge is -2.11. The molecular formula is C12H4Cl4F3N. The van der Waals surface area contributed by atoms with Crippen molar-refractivity contribution in [2.45, 2.75) is 6.18 Å². The number of hydrogen-bond donors (Lipinski definition) is 0. The van der Waals surface area contributed by atoms with Gasteiger partial charge in [0.2, 0.25) is 0 Å². The third kappa shape index (κ3) is 3.14. The lowest BCUT2D eigenvalue weighted by atomic mass is 10.1. The van der Waals surface area contributed by atoms with Crippen LogP contribution in [0.25, 0.3) is 11.3 Å². The molecule has 2 rings (SSSR count). The van der Waals surface area contributed by atoms with Crippen LogP contribution in [-0.4, -0.2) is 4.98 Å². The number of aromatic nitrogens is 1. The second kappa shape index (κ2) is 5.60. The molecule has 0 amide bonds. The Bertz CT molecular complexity index is 670. The van der Waals surface area contributed by atoms with Crippen LogP contribution >= 0.6 is 46.4 Å². The standard InChI is InChI=1S/C12H4Cl4F3N/c13-6-2-7(10(16)8(14)3-6)11-9(15)1-5(4-20-11)12(17,18)19/h1-4H. The first kappa shape index (κ1) is 15.7. The zero-order valence-electron chi connectivity index (χ0n) is 9.40. The SMILES string of the molecule is FC(F)(F)c1cnc(-c2cc(Cl)cc(Cl)c2Cl)c(Cl)c1. The van der Waals surface area contributed by atoms with Gasteiger partial charge in [-0.3, -0.25) is 4.98 Å². The van der Waals surface area contributed by atoms with Gasteiger partial charge < -0.3 is 0 Å². The lowest BCUT2D eigenvalue weighted by Crippen LogP contribution is -2.05. The smallest absolute Gasteiger partial charge is 0.254 e. The van der Waals surface area contributed by atoms with Crippen molar-refractivity contribution < 1.29 is 13.2 Å². The van der Waals surface area contributed by atoms with Crippen LogP contribution in [0.15, 0.2) is 24.4 Å². The summed E-state index contributed by atoms with van der Waals surface area (Å²) in [7, 11) is 0. The first-order valence-electron chi connectivity index (χ1n) is 5.08. The van der Waals surface area contributed by atoms with Crippen LogP contribution in [-0.2, 0) is 6.18 Å². The fraction of sp³-hybridized carbons (Fsp3) is 0.0833. The Morgan fingerprint density at radius 2 is 1.55 bits per heavy atom. The molecule has 0 atom stereocenters. The van der Waals surface area contributed by atoms with Gasteiger partial charge in [-0.05, 0) is 18.2 Å². The molecule has 2 aromatic rings. The van der Waals surface area contributed by atoms with Crippen LogP contribution in [0.3, 0.4) is 0 Å². The van der Waals surface area contributed by atoms with Crippen molar-refractivity contribution in [2.24, 2.45) is 0 Å². The molecule has 20 heavy (non-hydrogen) atoms. The molecule has 0 aliphatic carbocycles. The lowest BCUT2D eigenvalue weighted by molar-refractivity contribution is -0.137. The van der Waals surface area contributed by atoms with E-state index in [1.165, 1.54) is 12.1 Å². The molecule has 8 heteroatoms. The van der Waals surface area contributed by atoms with Crippen LogP contribution in [0.5, 0.6) is 0 Å². The molecular weight excluding hydrogens is 357 g/mol. The molecule has 0 spiro atoms. The third-order valence-electron chi connectivity index (χ3n) is 2.42. The van der Waals surface area contributed by atoms with Crippen LogP contribution < -0.4 is 0 Å². The zero-order valence-corrected chi connectivity index (χ0v) is 12.4.